The summed E-state index contributed by atoms with van der Waals surface area (Å²) in [4.78, 5) is 11.3. The minimum absolute atomic E-state index is 0.155. The highest BCUT2D eigenvalue weighted by Crippen LogP contribution is 2.24. The van der Waals surface area contributed by atoms with Gasteiger partial charge in [0.25, 0.3) is 0 Å². The van der Waals surface area contributed by atoms with E-state index >= 15 is 0 Å². The standard InChI is InChI=1S/C12H20N4O3/c1-3-12(2,11(17)18)8-16-10(13-14-15-16)7-9-5-4-6-19-9/h9H,3-8H2,1-2H3,(H,17,18). The number of ether oxygens (including phenoxy) is 1. The number of aliphatic carboxylic acids is 1. The number of carboxylic acids is 1. The maximum absolute atomic E-state index is 11.3. The number of hydrogen-bond acceptors (Lipinski definition) is 5. The molecule has 1 aliphatic heterocycles. The Morgan fingerprint density at radius 2 is 2.42 bits per heavy atom. The summed E-state index contributed by atoms with van der Waals surface area (Å²) >= 11 is 0. The molecule has 0 amide bonds. The Morgan fingerprint density at radius 3 is 3.00 bits per heavy atom. The average molecular weight is 268 g/mol. The lowest BCUT2D eigenvalue weighted by Crippen LogP contribution is -2.33. The number of aromatic nitrogens is 4. The number of rotatable bonds is 6. The summed E-state index contributed by atoms with van der Waals surface area (Å²) in [6.07, 6.45) is 3.40. The van der Waals surface area contributed by atoms with Gasteiger partial charge in [-0.25, -0.2) is 4.68 Å². The van der Waals surface area contributed by atoms with Crippen LogP contribution in [0.15, 0.2) is 0 Å². The fourth-order valence-corrected chi connectivity index (χ4v) is 2.16. The molecule has 2 rings (SSSR count). The van der Waals surface area contributed by atoms with E-state index in [0.29, 0.717) is 18.7 Å². The minimum Gasteiger partial charge on any atom is -0.481 e. The largest absolute Gasteiger partial charge is 0.481 e. The lowest BCUT2D eigenvalue weighted by Gasteiger charge is -2.23. The number of carbonyl (C=O) groups is 1. The van der Waals surface area contributed by atoms with Crippen molar-refractivity contribution in [2.75, 3.05) is 6.61 Å². The van der Waals surface area contributed by atoms with Crippen molar-refractivity contribution in [1.29, 1.82) is 0 Å². The molecule has 2 heterocycles. The van der Waals surface area contributed by atoms with E-state index in [1.165, 1.54) is 0 Å². The second-order valence-corrected chi connectivity index (χ2v) is 5.31. The van der Waals surface area contributed by atoms with Gasteiger partial charge in [-0.3, -0.25) is 4.79 Å². The summed E-state index contributed by atoms with van der Waals surface area (Å²) in [5.41, 5.74) is -0.847. The molecule has 0 saturated carbocycles. The van der Waals surface area contributed by atoms with Crippen LogP contribution in [0.25, 0.3) is 0 Å². The molecule has 1 saturated heterocycles. The lowest BCUT2D eigenvalue weighted by atomic mass is 9.88. The summed E-state index contributed by atoms with van der Waals surface area (Å²) in [7, 11) is 0. The van der Waals surface area contributed by atoms with Crippen LogP contribution in [0, 0.1) is 5.41 Å². The zero-order valence-electron chi connectivity index (χ0n) is 11.4. The second kappa shape index (κ2) is 5.64. The predicted molar refractivity (Wildman–Crippen MR) is 66.5 cm³/mol. The van der Waals surface area contributed by atoms with E-state index in [1.807, 2.05) is 6.92 Å². The molecule has 7 nitrogen and oxygen atoms in total. The van der Waals surface area contributed by atoms with E-state index < -0.39 is 11.4 Å². The Morgan fingerprint density at radius 1 is 1.63 bits per heavy atom. The molecule has 2 unspecified atom stereocenters. The van der Waals surface area contributed by atoms with E-state index in [-0.39, 0.29) is 12.6 Å². The molecular weight excluding hydrogens is 248 g/mol. The molecule has 106 valence electrons. The van der Waals surface area contributed by atoms with Crippen molar-refractivity contribution in [2.24, 2.45) is 5.41 Å². The van der Waals surface area contributed by atoms with Gasteiger partial charge in [0.15, 0.2) is 5.82 Å². The molecule has 1 aromatic rings. The van der Waals surface area contributed by atoms with E-state index in [9.17, 15) is 9.90 Å². The van der Waals surface area contributed by atoms with E-state index in [0.717, 1.165) is 19.4 Å². The molecular formula is C12H20N4O3. The third kappa shape index (κ3) is 3.09. The van der Waals surface area contributed by atoms with Crippen LogP contribution in [0.5, 0.6) is 0 Å². The van der Waals surface area contributed by atoms with Gasteiger partial charge in [-0.15, -0.1) is 5.10 Å². The Labute approximate surface area is 111 Å². The first kappa shape index (κ1) is 13.9. The molecule has 1 aromatic heterocycles. The van der Waals surface area contributed by atoms with Gasteiger partial charge in [-0.2, -0.15) is 0 Å². The molecule has 0 bridgehead atoms. The molecule has 2 atom stereocenters. The number of hydrogen-bond donors (Lipinski definition) is 1. The van der Waals surface area contributed by atoms with E-state index in [4.69, 9.17) is 4.74 Å². The molecule has 1 aliphatic rings. The van der Waals surface area contributed by atoms with Crippen LogP contribution in [0.4, 0.5) is 0 Å². The predicted octanol–water partition coefficient (Wildman–Crippen LogP) is 0.895. The topological polar surface area (TPSA) is 90.1 Å². The first-order valence-corrected chi connectivity index (χ1v) is 6.65. The van der Waals surface area contributed by atoms with Crippen molar-refractivity contribution < 1.29 is 14.6 Å². The van der Waals surface area contributed by atoms with Gasteiger partial charge in [0.1, 0.15) is 0 Å². The first-order valence-electron chi connectivity index (χ1n) is 6.65. The number of carboxylic acid groups (broad SMARTS) is 1. The van der Waals surface area contributed by atoms with Gasteiger partial charge >= 0.3 is 5.97 Å². The quantitative estimate of drug-likeness (QED) is 0.824. The van der Waals surface area contributed by atoms with Crippen LogP contribution < -0.4 is 0 Å². The van der Waals surface area contributed by atoms with E-state index in [1.54, 1.807) is 11.6 Å². The highest BCUT2D eigenvalue weighted by atomic mass is 16.5. The van der Waals surface area contributed by atoms with Gasteiger partial charge in [-0.05, 0) is 36.6 Å². The van der Waals surface area contributed by atoms with Crippen LogP contribution in [0.2, 0.25) is 0 Å². The SMILES string of the molecule is CCC(C)(Cn1nnnc1CC1CCCO1)C(=O)O. The highest BCUT2D eigenvalue weighted by Gasteiger charge is 2.33. The maximum Gasteiger partial charge on any atom is 0.311 e. The number of tetrazole rings is 1. The van der Waals surface area contributed by atoms with Crippen LogP contribution >= 0.6 is 0 Å². The summed E-state index contributed by atoms with van der Waals surface area (Å²) in [6.45, 7) is 4.65. The Balaban J connectivity index is 2.08. The summed E-state index contributed by atoms with van der Waals surface area (Å²) < 4.78 is 7.16. The summed E-state index contributed by atoms with van der Waals surface area (Å²) in [6, 6.07) is 0. The van der Waals surface area contributed by atoms with Crippen molar-refractivity contribution >= 4 is 5.97 Å². The fraction of sp³-hybridized carbons (Fsp3) is 0.833. The van der Waals surface area contributed by atoms with Crippen LogP contribution in [-0.2, 0) is 22.5 Å². The van der Waals surface area contributed by atoms with Gasteiger partial charge in [-0.1, -0.05) is 6.92 Å². The van der Waals surface area contributed by atoms with Crippen LogP contribution in [0.1, 0.15) is 38.9 Å². The zero-order valence-corrected chi connectivity index (χ0v) is 11.4. The van der Waals surface area contributed by atoms with Gasteiger partial charge in [0.2, 0.25) is 0 Å². The fourth-order valence-electron chi connectivity index (χ4n) is 2.16. The zero-order chi connectivity index (χ0) is 13.9. The molecule has 0 radical (unpaired) electrons. The molecule has 0 aliphatic carbocycles. The molecule has 1 N–H and O–H groups in total. The highest BCUT2D eigenvalue weighted by molar-refractivity contribution is 5.73. The Kier molecular flexibility index (Phi) is 4.14. The van der Waals surface area contributed by atoms with Crippen molar-refractivity contribution in [2.45, 2.75) is 52.2 Å². The maximum atomic E-state index is 11.3. The third-order valence-electron chi connectivity index (χ3n) is 3.84. The lowest BCUT2D eigenvalue weighted by molar-refractivity contribution is -0.149. The molecule has 0 aromatic carbocycles. The molecule has 19 heavy (non-hydrogen) atoms. The van der Waals surface area contributed by atoms with Crippen LogP contribution in [0.3, 0.4) is 0 Å². The first-order chi connectivity index (χ1) is 9.05. The van der Waals surface area contributed by atoms with Crippen molar-refractivity contribution in [3.05, 3.63) is 5.82 Å². The molecule has 7 heteroatoms. The van der Waals surface area contributed by atoms with Gasteiger partial charge in [0, 0.05) is 13.0 Å². The summed E-state index contributed by atoms with van der Waals surface area (Å²) in [5, 5.41) is 20.9. The van der Waals surface area contributed by atoms with Crippen LogP contribution in [-0.4, -0.2) is 44.0 Å². The second-order valence-electron chi connectivity index (χ2n) is 5.31. The smallest absolute Gasteiger partial charge is 0.311 e. The Bertz CT molecular complexity index is 442. The van der Waals surface area contributed by atoms with Crippen molar-refractivity contribution in [3.8, 4) is 0 Å². The molecule has 0 spiro atoms. The molecule has 1 fully saturated rings. The minimum atomic E-state index is -0.847. The number of nitrogens with zero attached hydrogens (tertiary/aromatic N) is 4. The summed E-state index contributed by atoms with van der Waals surface area (Å²) in [5.74, 6) is -0.124. The third-order valence-corrected chi connectivity index (χ3v) is 3.84. The Hall–Kier alpha value is -1.50. The van der Waals surface area contributed by atoms with Crippen molar-refractivity contribution in [1.82, 2.24) is 20.2 Å². The van der Waals surface area contributed by atoms with Gasteiger partial charge < -0.3 is 9.84 Å². The normalized spacial score (nSPS) is 22.3. The monoisotopic (exact) mass is 268 g/mol. The van der Waals surface area contributed by atoms with Gasteiger partial charge in [0.05, 0.1) is 18.1 Å². The van der Waals surface area contributed by atoms with E-state index in [2.05, 4.69) is 15.5 Å². The van der Waals surface area contributed by atoms with Crippen molar-refractivity contribution in [3.63, 3.8) is 0 Å². The average Bonchev–Trinajstić information content (AvgIpc) is 3.02.